The highest BCUT2D eigenvalue weighted by Gasteiger charge is 2.08. The van der Waals surface area contributed by atoms with Crippen molar-refractivity contribution >= 4 is 39.1 Å². The maximum absolute atomic E-state index is 5.89. The summed E-state index contributed by atoms with van der Waals surface area (Å²) < 4.78 is 6.26. The molecule has 2 aromatic rings. The summed E-state index contributed by atoms with van der Waals surface area (Å²) in [4.78, 5) is 3.92. The van der Waals surface area contributed by atoms with Crippen LogP contribution in [0.25, 0.3) is 11.1 Å². The number of hydrogen-bond acceptors (Lipinski definition) is 2. The molecule has 0 aliphatic heterocycles. The number of aromatic nitrogens is 1. The molecule has 0 aliphatic rings. The summed E-state index contributed by atoms with van der Waals surface area (Å²) in [6.07, 6.45) is 0. The Balaban J connectivity index is 2.62. The van der Waals surface area contributed by atoms with E-state index < -0.39 is 0 Å². The van der Waals surface area contributed by atoms with Crippen molar-refractivity contribution in [1.82, 2.24) is 4.98 Å². The average Bonchev–Trinajstić information content (AvgIpc) is 2.27. The summed E-state index contributed by atoms with van der Waals surface area (Å²) in [5.41, 5.74) is 1.78. The molecule has 0 aliphatic carbocycles. The second-order valence-electron chi connectivity index (χ2n) is 3.35. The van der Waals surface area contributed by atoms with Gasteiger partial charge in [0.25, 0.3) is 0 Å². The minimum atomic E-state index is 0.356. The summed E-state index contributed by atoms with van der Waals surface area (Å²) in [6, 6.07) is 9.23. The molecule has 0 fully saturated rings. The molecule has 1 heterocycles. The van der Waals surface area contributed by atoms with Crippen molar-refractivity contribution in [2.75, 3.05) is 7.11 Å². The molecule has 0 radical (unpaired) electrons. The SMILES string of the molecule is COc1ccc(Br)cc1-c1cc(Cl)nc(Cl)c1. The predicted molar refractivity (Wildman–Crippen MR) is 73.9 cm³/mol. The number of benzene rings is 1. The highest BCUT2D eigenvalue weighted by Crippen LogP contribution is 2.34. The molecule has 0 bridgehead atoms. The first kappa shape index (κ1) is 12.7. The largest absolute Gasteiger partial charge is 0.496 e. The predicted octanol–water partition coefficient (Wildman–Crippen LogP) is 4.83. The monoisotopic (exact) mass is 331 g/mol. The zero-order chi connectivity index (χ0) is 12.4. The van der Waals surface area contributed by atoms with Crippen molar-refractivity contribution in [3.63, 3.8) is 0 Å². The first-order valence-corrected chi connectivity index (χ1v) is 6.32. The Morgan fingerprint density at radius 2 is 1.76 bits per heavy atom. The smallest absolute Gasteiger partial charge is 0.131 e. The number of halogens is 3. The van der Waals surface area contributed by atoms with E-state index in [-0.39, 0.29) is 0 Å². The fraction of sp³-hybridized carbons (Fsp3) is 0.0833. The normalized spacial score (nSPS) is 10.4. The van der Waals surface area contributed by atoms with Gasteiger partial charge in [0, 0.05) is 10.0 Å². The Morgan fingerprint density at radius 3 is 2.35 bits per heavy atom. The van der Waals surface area contributed by atoms with Gasteiger partial charge >= 0.3 is 0 Å². The Labute approximate surface area is 118 Å². The number of ether oxygens (including phenoxy) is 1. The van der Waals surface area contributed by atoms with Gasteiger partial charge in [-0.2, -0.15) is 0 Å². The Bertz CT molecular complexity index is 540. The molecule has 17 heavy (non-hydrogen) atoms. The third-order valence-electron chi connectivity index (χ3n) is 2.24. The van der Waals surface area contributed by atoms with Crippen LogP contribution in [0.1, 0.15) is 0 Å². The number of pyridine rings is 1. The lowest BCUT2D eigenvalue weighted by atomic mass is 10.1. The van der Waals surface area contributed by atoms with E-state index in [4.69, 9.17) is 27.9 Å². The van der Waals surface area contributed by atoms with E-state index in [9.17, 15) is 0 Å². The average molecular weight is 333 g/mol. The van der Waals surface area contributed by atoms with E-state index in [1.165, 1.54) is 0 Å². The fourth-order valence-corrected chi connectivity index (χ4v) is 2.35. The molecule has 0 N–H and O–H groups in total. The Kier molecular flexibility index (Phi) is 3.92. The van der Waals surface area contributed by atoms with Crippen molar-refractivity contribution < 1.29 is 4.74 Å². The molecule has 0 atom stereocenters. The van der Waals surface area contributed by atoms with Crippen LogP contribution in [0.15, 0.2) is 34.8 Å². The van der Waals surface area contributed by atoms with Crippen molar-refractivity contribution in [3.8, 4) is 16.9 Å². The molecular formula is C12H8BrCl2NO. The van der Waals surface area contributed by atoms with E-state index in [2.05, 4.69) is 20.9 Å². The van der Waals surface area contributed by atoms with Crippen LogP contribution in [0.3, 0.4) is 0 Å². The van der Waals surface area contributed by atoms with Crippen molar-refractivity contribution in [2.45, 2.75) is 0 Å². The van der Waals surface area contributed by atoms with E-state index in [1.807, 2.05) is 18.2 Å². The molecule has 2 rings (SSSR count). The molecule has 1 aromatic carbocycles. The van der Waals surface area contributed by atoms with E-state index in [0.717, 1.165) is 21.3 Å². The van der Waals surface area contributed by atoms with Crippen LogP contribution in [0.5, 0.6) is 5.75 Å². The van der Waals surface area contributed by atoms with Gasteiger partial charge in [-0.1, -0.05) is 39.1 Å². The van der Waals surface area contributed by atoms with Gasteiger partial charge < -0.3 is 4.74 Å². The Morgan fingerprint density at radius 1 is 1.12 bits per heavy atom. The van der Waals surface area contributed by atoms with Crippen LogP contribution in [0, 0.1) is 0 Å². The number of methoxy groups -OCH3 is 1. The lowest BCUT2D eigenvalue weighted by Gasteiger charge is -2.09. The van der Waals surface area contributed by atoms with Crippen LogP contribution in [-0.2, 0) is 0 Å². The quantitative estimate of drug-likeness (QED) is 0.735. The molecule has 2 nitrogen and oxygen atoms in total. The third-order valence-corrected chi connectivity index (χ3v) is 3.12. The van der Waals surface area contributed by atoms with Gasteiger partial charge in [0.1, 0.15) is 16.1 Å². The Hall–Kier alpha value is -0.770. The summed E-state index contributed by atoms with van der Waals surface area (Å²) in [5.74, 6) is 0.756. The molecule has 0 saturated heterocycles. The number of hydrogen-bond donors (Lipinski definition) is 0. The second kappa shape index (κ2) is 5.25. The van der Waals surface area contributed by atoms with Gasteiger partial charge in [0.05, 0.1) is 7.11 Å². The summed E-state index contributed by atoms with van der Waals surface area (Å²) in [5, 5.41) is 0.712. The van der Waals surface area contributed by atoms with Gasteiger partial charge in [-0.25, -0.2) is 4.98 Å². The summed E-state index contributed by atoms with van der Waals surface area (Å²) in [7, 11) is 1.62. The second-order valence-corrected chi connectivity index (χ2v) is 5.04. The molecule has 5 heteroatoms. The maximum Gasteiger partial charge on any atom is 0.131 e. The lowest BCUT2D eigenvalue weighted by molar-refractivity contribution is 0.416. The van der Waals surface area contributed by atoms with Crippen LogP contribution < -0.4 is 4.74 Å². The minimum Gasteiger partial charge on any atom is -0.496 e. The minimum absolute atomic E-state index is 0.356. The molecular weight excluding hydrogens is 325 g/mol. The van der Waals surface area contributed by atoms with Gasteiger partial charge in [-0.3, -0.25) is 0 Å². The highest BCUT2D eigenvalue weighted by atomic mass is 79.9. The maximum atomic E-state index is 5.89. The summed E-state index contributed by atoms with van der Waals surface area (Å²) >= 11 is 15.2. The molecule has 0 spiro atoms. The molecule has 0 amide bonds. The molecule has 1 aromatic heterocycles. The van der Waals surface area contributed by atoms with Gasteiger partial charge in [-0.15, -0.1) is 0 Å². The van der Waals surface area contributed by atoms with Crippen LogP contribution >= 0.6 is 39.1 Å². The lowest BCUT2D eigenvalue weighted by Crippen LogP contribution is -1.89. The number of nitrogens with zero attached hydrogens (tertiary/aromatic N) is 1. The van der Waals surface area contributed by atoms with Crippen LogP contribution in [0.4, 0.5) is 0 Å². The number of rotatable bonds is 2. The van der Waals surface area contributed by atoms with Gasteiger partial charge in [0.15, 0.2) is 0 Å². The van der Waals surface area contributed by atoms with Crippen molar-refractivity contribution in [1.29, 1.82) is 0 Å². The van der Waals surface area contributed by atoms with Crippen molar-refractivity contribution in [2.24, 2.45) is 0 Å². The molecule has 88 valence electrons. The third kappa shape index (κ3) is 2.92. The van der Waals surface area contributed by atoms with Crippen LogP contribution in [-0.4, -0.2) is 12.1 Å². The zero-order valence-corrected chi connectivity index (χ0v) is 12.0. The van der Waals surface area contributed by atoms with Crippen LogP contribution in [0.2, 0.25) is 10.3 Å². The zero-order valence-electron chi connectivity index (χ0n) is 8.88. The highest BCUT2D eigenvalue weighted by molar-refractivity contribution is 9.10. The van der Waals surface area contributed by atoms with Gasteiger partial charge in [0.2, 0.25) is 0 Å². The standard InChI is InChI=1S/C12H8BrCl2NO/c1-17-10-3-2-8(13)6-9(10)7-4-11(14)16-12(15)5-7/h2-6H,1H3. The first-order chi connectivity index (χ1) is 8.10. The van der Waals surface area contributed by atoms with E-state index in [1.54, 1.807) is 19.2 Å². The van der Waals surface area contributed by atoms with E-state index in [0.29, 0.717) is 10.3 Å². The first-order valence-electron chi connectivity index (χ1n) is 4.77. The molecule has 0 unspecified atom stereocenters. The topological polar surface area (TPSA) is 22.1 Å². The van der Waals surface area contributed by atoms with E-state index >= 15 is 0 Å². The molecule has 0 saturated carbocycles. The summed E-state index contributed by atoms with van der Waals surface area (Å²) in [6.45, 7) is 0. The van der Waals surface area contributed by atoms with Crippen molar-refractivity contribution in [3.05, 3.63) is 45.1 Å². The fourth-order valence-electron chi connectivity index (χ4n) is 1.53. The van der Waals surface area contributed by atoms with Gasteiger partial charge in [-0.05, 0) is 35.9 Å².